The third kappa shape index (κ3) is 5.63. The van der Waals surface area contributed by atoms with Crippen molar-refractivity contribution in [2.24, 2.45) is 0 Å². The lowest BCUT2D eigenvalue weighted by molar-refractivity contribution is -0.596. The van der Waals surface area contributed by atoms with Crippen molar-refractivity contribution in [3.8, 4) is 11.4 Å². The van der Waals surface area contributed by atoms with Gasteiger partial charge in [-0.2, -0.15) is 0 Å². The SMILES string of the molecule is COC(=O)c1cc(C(C)C)c(-n2cc[n+](-c3c(C(C)C)cc(C(=O)OC)cc3C(C)C)c2)c(C(C)C)c1. The van der Waals surface area contributed by atoms with Crippen molar-refractivity contribution in [1.82, 2.24) is 4.57 Å². The molecule has 1 heterocycles. The number of methoxy groups -OCH3 is 2. The molecule has 0 atom stereocenters. The van der Waals surface area contributed by atoms with Crippen molar-refractivity contribution in [1.29, 1.82) is 0 Å². The van der Waals surface area contributed by atoms with Crippen LogP contribution < -0.4 is 4.57 Å². The first-order chi connectivity index (χ1) is 17.4. The number of ether oxygens (including phenoxy) is 2. The number of nitrogens with zero attached hydrogens (tertiary/aromatic N) is 2. The lowest BCUT2D eigenvalue weighted by atomic mass is 9.90. The molecule has 6 heteroatoms. The lowest BCUT2D eigenvalue weighted by Gasteiger charge is -2.19. The van der Waals surface area contributed by atoms with E-state index in [0.29, 0.717) is 11.1 Å². The smallest absolute Gasteiger partial charge is 0.337 e. The molecule has 0 bridgehead atoms. The summed E-state index contributed by atoms with van der Waals surface area (Å²) in [5.41, 5.74) is 7.65. The fraction of sp³-hybridized carbons (Fsp3) is 0.452. The Bertz CT molecular complexity index is 1140. The van der Waals surface area contributed by atoms with Crippen LogP contribution in [0.3, 0.4) is 0 Å². The van der Waals surface area contributed by atoms with Gasteiger partial charge in [-0.15, -0.1) is 0 Å². The van der Waals surface area contributed by atoms with E-state index in [2.05, 4.69) is 83.2 Å². The van der Waals surface area contributed by atoms with E-state index in [1.54, 1.807) is 0 Å². The van der Waals surface area contributed by atoms with Crippen molar-refractivity contribution < 1.29 is 23.6 Å². The predicted octanol–water partition coefficient (Wildman–Crippen LogP) is 6.82. The summed E-state index contributed by atoms with van der Waals surface area (Å²) in [6.07, 6.45) is 6.22. The molecule has 0 spiro atoms. The second-order valence-electron chi connectivity index (χ2n) is 10.8. The molecule has 0 N–H and O–H groups in total. The molecule has 0 saturated carbocycles. The number of esters is 2. The largest absolute Gasteiger partial charge is 0.465 e. The molecule has 0 aliphatic rings. The van der Waals surface area contributed by atoms with Crippen LogP contribution in [0.4, 0.5) is 0 Å². The molecular weight excluding hydrogens is 464 g/mol. The van der Waals surface area contributed by atoms with Gasteiger partial charge in [-0.1, -0.05) is 55.4 Å². The number of rotatable bonds is 8. The average Bonchev–Trinajstić information content (AvgIpc) is 3.35. The third-order valence-electron chi connectivity index (χ3n) is 6.82. The van der Waals surface area contributed by atoms with Crippen LogP contribution >= 0.6 is 0 Å². The fourth-order valence-electron chi connectivity index (χ4n) is 4.81. The Hall–Kier alpha value is -3.41. The summed E-state index contributed by atoms with van der Waals surface area (Å²) < 4.78 is 14.4. The minimum absolute atomic E-state index is 0.199. The molecule has 0 amide bonds. The van der Waals surface area contributed by atoms with E-state index in [4.69, 9.17) is 9.47 Å². The molecule has 3 aromatic rings. The first-order valence-electron chi connectivity index (χ1n) is 13.0. The fourth-order valence-corrected chi connectivity index (χ4v) is 4.81. The maximum Gasteiger partial charge on any atom is 0.337 e. The second-order valence-corrected chi connectivity index (χ2v) is 10.8. The van der Waals surface area contributed by atoms with Crippen molar-refractivity contribution in [3.05, 3.63) is 76.4 Å². The zero-order valence-corrected chi connectivity index (χ0v) is 23.9. The molecule has 0 fully saturated rings. The van der Waals surface area contributed by atoms with E-state index >= 15 is 0 Å². The number of carbonyl (C=O) groups excluding carboxylic acids is 2. The van der Waals surface area contributed by atoms with E-state index in [0.717, 1.165) is 33.6 Å². The van der Waals surface area contributed by atoms with Gasteiger partial charge in [0, 0.05) is 22.3 Å². The summed E-state index contributed by atoms with van der Waals surface area (Å²) >= 11 is 0. The molecule has 3 rings (SSSR count). The van der Waals surface area contributed by atoms with E-state index in [-0.39, 0.29) is 35.6 Å². The zero-order chi connectivity index (χ0) is 27.6. The van der Waals surface area contributed by atoms with Gasteiger partial charge >= 0.3 is 11.9 Å². The Labute approximate surface area is 221 Å². The van der Waals surface area contributed by atoms with Crippen LogP contribution in [0.1, 0.15) is 122 Å². The van der Waals surface area contributed by atoms with E-state index in [1.165, 1.54) is 14.2 Å². The van der Waals surface area contributed by atoms with E-state index in [1.807, 2.05) is 24.3 Å². The Morgan fingerprint density at radius 2 is 1.05 bits per heavy atom. The highest BCUT2D eigenvalue weighted by Gasteiger charge is 2.27. The van der Waals surface area contributed by atoms with Crippen LogP contribution in [-0.2, 0) is 9.47 Å². The zero-order valence-electron chi connectivity index (χ0n) is 23.9. The maximum atomic E-state index is 12.4. The normalized spacial score (nSPS) is 11.6. The number of hydrogen-bond acceptors (Lipinski definition) is 4. The molecule has 0 radical (unpaired) electrons. The number of hydrogen-bond donors (Lipinski definition) is 0. The second kappa shape index (κ2) is 11.3. The van der Waals surface area contributed by atoms with Gasteiger partial charge in [-0.05, 0) is 47.9 Å². The summed E-state index contributed by atoms with van der Waals surface area (Å²) in [5, 5.41) is 0. The molecule has 0 aliphatic carbocycles. The Kier molecular flexibility index (Phi) is 8.62. The van der Waals surface area contributed by atoms with Gasteiger partial charge in [0.15, 0.2) is 0 Å². The van der Waals surface area contributed by atoms with Gasteiger partial charge in [0.1, 0.15) is 23.8 Å². The highest BCUT2D eigenvalue weighted by Crippen LogP contribution is 2.34. The average molecular weight is 506 g/mol. The predicted molar refractivity (Wildman–Crippen MR) is 146 cm³/mol. The third-order valence-corrected chi connectivity index (χ3v) is 6.82. The Morgan fingerprint density at radius 3 is 1.41 bits per heavy atom. The molecule has 0 aliphatic heterocycles. The first kappa shape index (κ1) is 28.2. The lowest BCUT2D eigenvalue weighted by Crippen LogP contribution is -2.32. The van der Waals surface area contributed by atoms with Gasteiger partial charge in [0.25, 0.3) is 6.33 Å². The monoisotopic (exact) mass is 505 g/mol. The molecular formula is C31H41N2O4+. The molecule has 2 aromatic carbocycles. The van der Waals surface area contributed by atoms with Crippen molar-refractivity contribution >= 4 is 11.9 Å². The van der Waals surface area contributed by atoms with Gasteiger partial charge in [0.05, 0.1) is 25.3 Å². The standard InChI is InChI=1S/C31H41N2O4/c1-18(2)24-13-22(30(34)36-9)14-25(19(3)4)28(24)32-11-12-33(17-32)29-26(20(5)6)15-23(31(35)37-10)16-27(29)21(7)8/h11-21H,1-10H3/q+1. The molecule has 0 saturated heterocycles. The van der Waals surface area contributed by atoms with Crippen molar-refractivity contribution in [3.63, 3.8) is 0 Å². The van der Waals surface area contributed by atoms with Crippen LogP contribution in [0.5, 0.6) is 0 Å². The van der Waals surface area contributed by atoms with Gasteiger partial charge < -0.3 is 9.47 Å². The quantitative estimate of drug-likeness (QED) is 0.249. The molecule has 37 heavy (non-hydrogen) atoms. The highest BCUT2D eigenvalue weighted by atomic mass is 16.5. The maximum absolute atomic E-state index is 12.4. The number of benzene rings is 2. The van der Waals surface area contributed by atoms with Crippen molar-refractivity contribution in [2.45, 2.75) is 79.1 Å². The summed E-state index contributed by atoms with van der Waals surface area (Å²) in [7, 11) is 2.83. The van der Waals surface area contributed by atoms with Crippen LogP contribution in [-0.4, -0.2) is 30.7 Å². The minimum Gasteiger partial charge on any atom is -0.465 e. The Balaban J connectivity index is 2.31. The molecule has 1 aromatic heterocycles. The number of carbonyl (C=O) groups is 2. The van der Waals surface area contributed by atoms with E-state index in [9.17, 15) is 9.59 Å². The van der Waals surface area contributed by atoms with Crippen LogP contribution in [0.2, 0.25) is 0 Å². The highest BCUT2D eigenvalue weighted by molar-refractivity contribution is 5.91. The molecule has 6 nitrogen and oxygen atoms in total. The topological polar surface area (TPSA) is 61.4 Å². The van der Waals surface area contributed by atoms with Crippen molar-refractivity contribution in [2.75, 3.05) is 14.2 Å². The minimum atomic E-state index is -0.327. The van der Waals surface area contributed by atoms with Gasteiger partial charge in [-0.3, -0.25) is 0 Å². The summed E-state index contributed by atoms with van der Waals surface area (Å²) in [4.78, 5) is 24.9. The van der Waals surface area contributed by atoms with Crippen LogP contribution in [0.15, 0.2) is 43.0 Å². The number of imidazole rings is 1. The summed E-state index contributed by atoms with van der Waals surface area (Å²) in [6.45, 7) is 17.1. The summed E-state index contributed by atoms with van der Waals surface area (Å²) in [5.74, 6) is 0.141. The van der Waals surface area contributed by atoms with Crippen LogP contribution in [0, 0.1) is 0 Å². The van der Waals surface area contributed by atoms with Gasteiger partial charge in [-0.25, -0.2) is 18.7 Å². The molecule has 0 unspecified atom stereocenters. The number of aromatic nitrogens is 2. The Morgan fingerprint density at radius 1 is 0.676 bits per heavy atom. The first-order valence-corrected chi connectivity index (χ1v) is 13.0. The van der Waals surface area contributed by atoms with Crippen LogP contribution in [0.25, 0.3) is 11.4 Å². The molecule has 198 valence electrons. The van der Waals surface area contributed by atoms with E-state index < -0.39 is 0 Å². The summed E-state index contributed by atoms with van der Waals surface area (Å²) in [6, 6.07) is 7.80. The van der Waals surface area contributed by atoms with Gasteiger partial charge in [0.2, 0.25) is 0 Å².